The molecule has 2 aliphatic rings. The van der Waals surface area contributed by atoms with Crippen LogP contribution in [0.1, 0.15) is 17.3 Å². The highest BCUT2D eigenvalue weighted by Gasteiger charge is 2.34. The summed E-state index contributed by atoms with van der Waals surface area (Å²) >= 11 is 1.42. The van der Waals surface area contributed by atoms with Crippen LogP contribution >= 0.6 is 11.8 Å². The van der Waals surface area contributed by atoms with Crippen LogP contribution in [0.15, 0.2) is 102 Å². The molecule has 1 atom stereocenters. The highest BCUT2D eigenvalue weighted by molar-refractivity contribution is 8.14. The first kappa shape index (κ1) is 21.0. The van der Waals surface area contributed by atoms with Gasteiger partial charge in [-0.05, 0) is 23.8 Å². The molecule has 7 heteroatoms. The zero-order valence-electron chi connectivity index (χ0n) is 17.8. The molecule has 164 valence electrons. The van der Waals surface area contributed by atoms with Gasteiger partial charge in [0.2, 0.25) is 0 Å². The number of hydrazone groups is 1. The number of rotatable bonds is 6. The van der Waals surface area contributed by atoms with Gasteiger partial charge in [0.05, 0.1) is 5.36 Å². The number of ether oxygens (including phenoxy) is 1. The van der Waals surface area contributed by atoms with E-state index in [1.54, 1.807) is 11.1 Å². The molecule has 33 heavy (non-hydrogen) atoms. The fourth-order valence-electron chi connectivity index (χ4n) is 3.75. The van der Waals surface area contributed by atoms with Crippen molar-refractivity contribution >= 4 is 28.5 Å². The van der Waals surface area contributed by atoms with E-state index in [1.807, 2.05) is 78.9 Å². The molecule has 1 amide bonds. The number of amides is 1. The van der Waals surface area contributed by atoms with Crippen molar-refractivity contribution in [2.75, 3.05) is 5.75 Å². The summed E-state index contributed by atoms with van der Waals surface area (Å²) in [7, 11) is 0. The Hall–Kier alpha value is -3.84. The topological polar surface area (TPSA) is 66.3 Å². The molecule has 0 fully saturated rings. The molecule has 0 radical (unpaired) electrons. The van der Waals surface area contributed by atoms with Crippen molar-refractivity contribution in [3.63, 3.8) is 0 Å². The fraction of sp³-hybridized carbons (Fsp3) is 0.115. The van der Waals surface area contributed by atoms with Gasteiger partial charge in [-0.1, -0.05) is 78.5 Å². The second-order valence-corrected chi connectivity index (χ2v) is 8.53. The quantitative estimate of drug-likeness (QED) is 0.581. The van der Waals surface area contributed by atoms with E-state index >= 15 is 0 Å². The second-order valence-electron chi connectivity index (χ2n) is 7.52. The van der Waals surface area contributed by atoms with E-state index in [2.05, 4.69) is 11.9 Å². The van der Waals surface area contributed by atoms with Gasteiger partial charge in [-0.3, -0.25) is 15.1 Å². The third-order valence-electron chi connectivity index (χ3n) is 5.26. The van der Waals surface area contributed by atoms with Crippen molar-refractivity contribution in [2.45, 2.75) is 12.8 Å². The van der Waals surface area contributed by atoms with Crippen molar-refractivity contribution in [1.82, 2.24) is 10.3 Å². The van der Waals surface area contributed by atoms with E-state index in [4.69, 9.17) is 14.8 Å². The SMILES string of the molecule is C=CCSC1=NN2C(=c3ccccc3=NC2c2cccc(OCc3ccccc3)c2)C(=O)N1. The lowest BCUT2D eigenvalue weighted by atomic mass is 10.1. The van der Waals surface area contributed by atoms with Gasteiger partial charge in [0, 0.05) is 16.5 Å². The van der Waals surface area contributed by atoms with E-state index < -0.39 is 6.17 Å². The average Bonchev–Trinajstić information content (AvgIpc) is 2.86. The highest BCUT2D eigenvalue weighted by atomic mass is 32.2. The number of thioether (sulfide) groups is 1. The monoisotopic (exact) mass is 454 g/mol. The molecule has 0 bridgehead atoms. The summed E-state index contributed by atoms with van der Waals surface area (Å²) in [5, 5.41) is 11.4. The number of benzene rings is 3. The Morgan fingerprint density at radius 3 is 2.73 bits per heavy atom. The molecule has 0 saturated carbocycles. The largest absolute Gasteiger partial charge is 0.489 e. The van der Waals surface area contributed by atoms with E-state index in [0.29, 0.717) is 23.2 Å². The molecule has 3 aromatic carbocycles. The lowest BCUT2D eigenvalue weighted by Gasteiger charge is -2.34. The molecule has 0 saturated heterocycles. The lowest BCUT2D eigenvalue weighted by molar-refractivity contribution is -0.116. The summed E-state index contributed by atoms with van der Waals surface area (Å²) in [4.78, 5) is 18.0. The van der Waals surface area contributed by atoms with Gasteiger partial charge in [0.1, 0.15) is 18.1 Å². The Morgan fingerprint density at radius 2 is 1.88 bits per heavy atom. The Labute approximate surface area is 196 Å². The number of hydrogen-bond donors (Lipinski definition) is 1. The van der Waals surface area contributed by atoms with Crippen LogP contribution in [0.5, 0.6) is 5.75 Å². The summed E-state index contributed by atoms with van der Waals surface area (Å²) in [5.41, 5.74) is 2.47. The van der Waals surface area contributed by atoms with Gasteiger partial charge >= 0.3 is 0 Å². The van der Waals surface area contributed by atoms with Crippen molar-refractivity contribution in [3.05, 3.63) is 113 Å². The first-order valence-electron chi connectivity index (χ1n) is 10.6. The summed E-state index contributed by atoms with van der Waals surface area (Å²) in [5.74, 6) is 1.18. The number of fused-ring (bicyclic) bond motifs is 2. The van der Waals surface area contributed by atoms with E-state index in [1.165, 1.54) is 11.8 Å². The van der Waals surface area contributed by atoms with Crippen LogP contribution in [0.2, 0.25) is 0 Å². The average molecular weight is 455 g/mol. The van der Waals surface area contributed by atoms with E-state index in [9.17, 15) is 4.79 Å². The summed E-state index contributed by atoms with van der Waals surface area (Å²) in [6, 6.07) is 25.5. The number of nitrogens with one attached hydrogen (secondary N) is 1. The number of hydrogen-bond acceptors (Lipinski definition) is 6. The van der Waals surface area contributed by atoms with Crippen molar-refractivity contribution in [1.29, 1.82) is 0 Å². The van der Waals surface area contributed by atoms with Crippen molar-refractivity contribution < 1.29 is 9.53 Å². The third-order valence-corrected chi connectivity index (χ3v) is 6.12. The second kappa shape index (κ2) is 9.34. The fourth-order valence-corrected chi connectivity index (χ4v) is 4.34. The minimum atomic E-state index is -0.486. The van der Waals surface area contributed by atoms with Crippen LogP contribution < -0.4 is 20.6 Å². The standard InChI is InChI=1S/C26H22N4O2S/c1-2-15-33-26-28-25(31)23-21-13-6-7-14-22(21)27-24(30(23)29-26)19-11-8-12-20(16-19)32-17-18-9-4-3-5-10-18/h2-14,16,24H,1,15,17H2,(H,28,29,31). The smallest absolute Gasteiger partial charge is 0.276 e. The van der Waals surface area contributed by atoms with Gasteiger partial charge in [-0.2, -0.15) is 0 Å². The highest BCUT2D eigenvalue weighted by Crippen LogP contribution is 2.32. The molecule has 5 rings (SSSR count). The molecule has 1 unspecified atom stereocenters. The van der Waals surface area contributed by atoms with Gasteiger partial charge in [0.25, 0.3) is 5.91 Å². The molecule has 3 aromatic rings. The maximum atomic E-state index is 13.1. The third kappa shape index (κ3) is 4.40. The lowest BCUT2D eigenvalue weighted by Crippen LogP contribution is -2.50. The van der Waals surface area contributed by atoms with Crippen molar-refractivity contribution in [2.24, 2.45) is 10.1 Å². The first-order valence-corrected chi connectivity index (χ1v) is 11.6. The van der Waals surface area contributed by atoms with Crippen LogP contribution in [0, 0.1) is 0 Å². The number of carbonyl (C=O) groups excluding carboxylic acids is 1. The molecule has 0 spiro atoms. The molecule has 2 heterocycles. The van der Waals surface area contributed by atoms with Gasteiger partial charge in [-0.15, -0.1) is 11.7 Å². The van der Waals surface area contributed by atoms with Crippen LogP contribution in [0.3, 0.4) is 0 Å². The molecule has 0 aliphatic carbocycles. The molecule has 2 aliphatic heterocycles. The predicted molar refractivity (Wildman–Crippen MR) is 131 cm³/mol. The normalized spacial score (nSPS) is 16.7. The van der Waals surface area contributed by atoms with Crippen LogP contribution in [0.4, 0.5) is 0 Å². The zero-order valence-corrected chi connectivity index (χ0v) is 18.7. The minimum Gasteiger partial charge on any atom is -0.489 e. The van der Waals surface area contributed by atoms with Gasteiger partial charge in [-0.25, -0.2) is 5.01 Å². The zero-order chi connectivity index (χ0) is 22.6. The van der Waals surface area contributed by atoms with Gasteiger partial charge < -0.3 is 4.74 Å². The Morgan fingerprint density at radius 1 is 1.06 bits per heavy atom. The predicted octanol–water partition coefficient (Wildman–Crippen LogP) is 3.33. The maximum absolute atomic E-state index is 13.1. The number of nitrogens with zero attached hydrogens (tertiary/aromatic N) is 3. The Kier molecular flexibility index (Phi) is 5.95. The Balaban J connectivity index is 1.53. The molecule has 1 N–H and O–H groups in total. The van der Waals surface area contributed by atoms with Crippen molar-refractivity contribution in [3.8, 4) is 5.75 Å². The Bertz CT molecular complexity index is 1350. The number of amidine groups is 1. The van der Waals surface area contributed by atoms with Crippen LogP contribution in [0.25, 0.3) is 5.70 Å². The number of para-hydroxylation sites is 1. The molecule has 6 nitrogen and oxygen atoms in total. The summed E-state index contributed by atoms with van der Waals surface area (Å²) in [6.07, 6.45) is 1.29. The summed E-state index contributed by atoms with van der Waals surface area (Å²) in [6.45, 7) is 4.22. The first-order chi connectivity index (χ1) is 16.2. The maximum Gasteiger partial charge on any atom is 0.276 e. The van der Waals surface area contributed by atoms with Crippen LogP contribution in [-0.4, -0.2) is 21.8 Å². The van der Waals surface area contributed by atoms with Crippen LogP contribution in [-0.2, 0) is 11.4 Å². The van der Waals surface area contributed by atoms with E-state index in [0.717, 1.165) is 27.5 Å². The minimum absolute atomic E-state index is 0.194. The van der Waals surface area contributed by atoms with E-state index in [-0.39, 0.29) is 5.91 Å². The molecular formula is C26H22N4O2S. The molecule has 0 aromatic heterocycles. The molecular weight excluding hydrogens is 432 g/mol. The van der Waals surface area contributed by atoms with Gasteiger partial charge in [0.15, 0.2) is 11.3 Å². The number of carbonyl (C=O) groups is 1. The summed E-state index contributed by atoms with van der Waals surface area (Å²) < 4.78 is 6.03.